The zero-order chi connectivity index (χ0) is 15.2. The fourth-order valence-electron chi connectivity index (χ4n) is 1.83. The molecule has 0 radical (unpaired) electrons. The van der Waals surface area contributed by atoms with Crippen LogP contribution in [0, 0.1) is 0 Å². The summed E-state index contributed by atoms with van der Waals surface area (Å²) in [5.74, 6) is 0.670. The molecule has 0 saturated carbocycles. The van der Waals surface area contributed by atoms with Gasteiger partial charge in [-0.3, -0.25) is 4.79 Å². The van der Waals surface area contributed by atoms with E-state index in [9.17, 15) is 4.79 Å². The standard InChI is InChI=1S/C16H20N2O2S/c1-4-9-17-15(19)13-10-21-16(18-13)12-7-5-6-8-14(12)20-11(2)3/h5-8,10-11H,4,9H2,1-3H3,(H,17,19). The molecule has 1 N–H and O–H groups in total. The van der Waals surface area contributed by atoms with E-state index >= 15 is 0 Å². The van der Waals surface area contributed by atoms with Crippen molar-refractivity contribution in [3.8, 4) is 16.3 Å². The van der Waals surface area contributed by atoms with Crippen LogP contribution in [0.2, 0.25) is 0 Å². The lowest BCUT2D eigenvalue weighted by Gasteiger charge is -2.12. The van der Waals surface area contributed by atoms with Gasteiger partial charge in [-0.05, 0) is 32.4 Å². The van der Waals surface area contributed by atoms with Crippen molar-refractivity contribution in [2.24, 2.45) is 0 Å². The average Bonchev–Trinajstić information content (AvgIpc) is 2.94. The van der Waals surface area contributed by atoms with Crippen LogP contribution in [0.5, 0.6) is 5.75 Å². The number of carbonyl (C=O) groups is 1. The summed E-state index contributed by atoms with van der Waals surface area (Å²) in [4.78, 5) is 16.3. The topological polar surface area (TPSA) is 51.2 Å². The number of nitrogens with zero attached hydrogens (tertiary/aromatic N) is 1. The number of amides is 1. The van der Waals surface area contributed by atoms with Crippen molar-refractivity contribution >= 4 is 17.2 Å². The molecule has 0 atom stereocenters. The van der Waals surface area contributed by atoms with Crippen LogP contribution >= 0.6 is 11.3 Å². The molecule has 1 heterocycles. The second-order valence-corrected chi connectivity index (χ2v) is 5.81. The van der Waals surface area contributed by atoms with Gasteiger partial charge in [0.15, 0.2) is 0 Å². The molecule has 2 aromatic rings. The highest BCUT2D eigenvalue weighted by Gasteiger charge is 2.14. The number of benzene rings is 1. The van der Waals surface area contributed by atoms with E-state index in [2.05, 4.69) is 10.3 Å². The number of hydrogen-bond donors (Lipinski definition) is 1. The van der Waals surface area contributed by atoms with Gasteiger partial charge >= 0.3 is 0 Å². The first-order valence-corrected chi connectivity index (χ1v) is 7.99. The maximum atomic E-state index is 11.9. The first-order valence-electron chi connectivity index (χ1n) is 7.11. The fraction of sp³-hybridized carbons (Fsp3) is 0.375. The highest BCUT2D eigenvalue weighted by Crippen LogP contribution is 2.32. The van der Waals surface area contributed by atoms with E-state index in [0.29, 0.717) is 12.2 Å². The Bertz CT molecular complexity index is 608. The predicted octanol–water partition coefficient (Wildman–Crippen LogP) is 3.74. The summed E-state index contributed by atoms with van der Waals surface area (Å²) in [6, 6.07) is 7.77. The number of aromatic nitrogens is 1. The Morgan fingerprint density at radius 2 is 2.14 bits per heavy atom. The van der Waals surface area contributed by atoms with E-state index in [0.717, 1.165) is 22.7 Å². The molecule has 0 saturated heterocycles. The maximum Gasteiger partial charge on any atom is 0.270 e. The third-order valence-electron chi connectivity index (χ3n) is 2.75. The Kier molecular flexibility index (Phi) is 5.33. The van der Waals surface area contributed by atoms with Crippen LogP contribution in [0.1, 0.15) is 37.7 Å². The first kappa shape index (κ1) is 15.5. The summed E-state index contributed by atoms with van der Waals surface area (Å²) >= 11 is 1.45. The van der Waals surface area contributed by atoms with E-state index in [-0.39, 0.29) is 12.0 Å². The highest BCUT2D eigenvalue weighted by atomic mass is 32.1. The molecule has 5 heteroatoms. The molecule has 0 spiro atoms. The predicted molar refractivity (Wildman–Crippen MR) is 85.9 cm³/mol. The molecule has 0 bridgehead atoms. The normalized spacial score (nSPS) is 10.7. The largest absolute Gasteiger partial charge is 0.490 e. The Labute approximate surface area is 129 Å². The second-order valence-electron chi connectivity index (χ2n) is 4.96. The van der Waals surface area contributed by atoms with Crippen LogP contribution in [-0.4, -0.2) is 23.5 Å². The summed E-state index contributed by atoms with van der Waals surface area (Å²) in [6.45, 7) is 6.66. The SMILES string of the molecule is CCCNC(=O)c1csc(-c2ccccc2OC(C)C)n1. The van der Waals surface area contributed by atoms with Gasteiger partial charge in [0, 0.05) is 11.9 Å². The molecule has 2 rings (SSSR count). The van der Waals surface area contributed by atoms with E-state index in [1.807, 2.05) is 45.0 Å². The van der Waals surface area contributed by atoms with E-state index in [4.69, 9.17) is 4.74 Å². The number of para-hydroxylation sites is 1. The number of hydrogen-bond acceptors (Lipinski definition) is 4. The molecular weight excluding hydrogens is 284 g/mol. The molecule has 4 nitrogen and oxygen atoms in total. The molecule has 0 aliphatic heterocycles. The molecule has 1 aromatic heterocycles. The van der Waals surface area contributed by atoms with Crippen molar-refractivity contribution < 1.29 is 9.53 Å². The van der Waals surface area contributed by atoms with Crippen molar-refractivity contribution in [1.82, 2.24) is 10.3 Å². The zero-order valence-electron chi connectivity index (χ0n) is 12.6. The van der Waals surface area contributed by atoms with E-state index < -0.39 is 0 Å². The van der Waals surface area contributed by atoms with Gasteiger partial charge in [-0.1, -0.05) is 19.1 Å². The Morgan fingerprint density at radius 3 is 2.86 bits per heavy atom. The molecule has 0 aliphatic carbocycles. The minimum atomic E-state index is -0.124. The fourth-order valence-corrected chi connectivity index (χ4v) is 2.66. The van der Waals surface area contributed by atoms with Gasteiger partial charge in [0.05, 0.1) is 11.7 Å². The molecule has 0 aliphatic rings. The van der Waals surface area contributed by atoms with Crippen LogP contribution in [0.3, 0.4) is 0 Å². The number of rotatable bonds is 6. The Balaban J connectivity index is 2.23. The smallest absolute Gasteiger partial charge is 0.270 e. The lowest BCUT2D eigenvalue weighted by Crippen LogP contribution is -2.24. The van der Waals surface area contributed by atoms with Gasteiger partial charge in [-0.25, -0.2) is 4.98 Å². The highest BCUT2D eigenvalue weighted by molar-refractivity contribution is 7.13. The van der Waals surface area contributed by atoms with Crippen LogP contribution in [0.4, 0.5) is 0 Å². The van der Waals surface area contributed by atoms with Crippen LogP contribution < -0.4 is 10.1 Å². The molecule has 0 fully saturated rings. The molecule has 112 valence electrons. The summed E-state index contributed by atoms with van der Waals surface area (Å²) in [6.07, 6.45) is 1.01. The second kappa shape index (κ2) is 7.22. The molecule has 21 heavy (non-hydrogen) atoms. The third-order valence-corrected chi connectivity index (χ3v) is 3.63. The molecule has 1 amide bonds. The lowest BCUT2D eigenvalue weighted by atomic mass is 10.2. The monoisotopic (exact) mass is 304 g/mol. The van der Waals surface area contributed by atoms with Gasteiger partial charge in [0.1, 0.15) is 16.5 Å². The molecular formula is C16H20N2O2S. The van der Waals surface area contributed by atoms with Gasteiger partial charge < -0.3 is 10.1 Å². The zero-order valence-corrected chi connectivity index (χ0v) is 13.4. The summed E-state index contributed by atoms with van der Waals surface area (Å²) < 4.78 is 5.80. The minimum Gasteiger partial charge on any atom is -0.490 e. The van der Waals surface area contributed by atoms with Gasteiger partial charge in [-0.2, -0.15) is 0 Å². The Morgan fingerprint density at radius 1 is 1.38 bits per heavy atom. The first-order chi connectivity index (χ1) is 10.1. The van der Waals surface area contributed by atoms with Crippen molar-refractivity contribution in [3.63, 3.8) is 0 Å². The van der Waals surface area contributed by atoms with Crippen LogP contribution in [-0.2, 0) is 0 Å². The maximum absolute atomic E-state index is 11.9. The van der Waals surface area contributed by atoms with Gasteiger partial charge in [0.25, 0.3) is 5.91 Å². The number of ether oxygens (including phenoxy) is 1. The summed E-state index contributed by atoms with van der Waals surface area (Å²) in [7, 11) is 0. The lowest BCUT2D eigenvalue weighted by molar-refractivity contribution is 0.0949. The van der Waals surface area contributed by atoms with Gasteiger partial charge in [-0.15, -0.1) is 11.3 Å². The van der Waals surface area contributed by atoms with Crippen molar-refractivity contribution in [2.75, 3.05) is 6.54 Å². The van der Waals surface area contributed by atoms with Crippen LogP contribution in [0.15, 0.2) is 29.6 Å². The number of thiazole rings is 1. The number of nitrogens with one attached hydrogen (secondary N) is 1. The summed E-state index contributed by atoms with van der Waals surface area (Å²) in [5.41, 5.74) is 1.38. The third kappa shape index (κ3) is 4.04. The van der Waals surface area contributed by atoms with Crippen molar-refractivity contribution in [2.45, 2.75) is 33.3 Å². The Hall–Kier alpha value is -1.88. The van der Waals surface area contributed by atoms with Crippen molar-refractivity contribution in [3.05, 3.63) is 35.3 Å². The minimum absolute atomic E-state index is 0.0958. The average molecular weight is 304 g/mol. The van der Waals surface area contributed by atoms with Crippen molar-refractivity contribution in [1.29, 1.82) is 0 Å². The molecule has 1 aromatic carbocycles. The number of carbonyl (C=O) groups excluding carboxylic acids is 1. The van der Waals surface area contributed by atoms with E-state index in [1.54, 1.807) is 5.38 Å². The van der Waals surface area contributed by atoms with Crippen LogP contribution in [0.25, 0.3) is 10.6 Å². The summed E-state index contributed by atoms with van der Waals surface area (Å²) in [5, 5.41) is 5.42. The van der Waals surface area contributed by atoms with E-state index in [1.165, 1.54) is 11.3 Å². The van der Waals surface area contributed by atoms with Gasteiger partial charge in [0.2, 0.25) is 0 Å². The molecule has 0 unspecified atom stereocenters. The quantitative estimate of drug-likeness (QED) is 0.884.